The monoisotopic (exact) mass is 351 g/mol. The second-order valence-corrected chi connectivity index (χ2v) is 5.38. The summed E-state index contributed by atoms with van der Waals surface area (Å²) in [6.45, 7) is 6.35. The van der Waals surface area contributed by atoms with Crippen molar-refractivity contribution in [1.29, 1.82) is 0 Å². The van der Waals surface area contributed by atoms with E-state index >= 15 is 0 Å². The lowest BCUT2D eigenvalue weighted by molar-refractivity contribution is -0.132. The Kier molecular flexibility index (Phi) is 9.67. The highest BCUT2D eigenvalue weighted by Gasteiger charge is 2.41. The first-order valence-electron chi connectivity index (χ1n) is 7.37. The van der Waals surface area contributed by atoms with E-state index in [4.69, 9.17) is 0 Å². The van der Waals surface area contributed by atoms with E-state index in [-0.39, 0.29) is 30.7 Å². The van der Waals surface area contributed by atoms with Gasteiger partial charge in [0.05, 0.1) is 0 Å². The Balaban J connectivity index is 0.00000220. The van der Waals surface area contributed by atoms with Gasteiger partial charge in [0.2, 0.25) is 5.91 Å². The van der Waals surface area contributed by atoms with E-state index in [1.807, 2.05) is 16.9 Å². The molecule has 1 saturated heterocycles. The summed E-state index contributed by atoms with van der Waals surface area (Å²) in [5.41, 5.74) is -0.528. The van der Waals surface area contributed by atoms with Gasteiger partial charge in [0, 0.05) is 25.5 Å². The first-order valence-corrected chi connectivity index (χ1v) is 7.37. The summed E-state index contributed by atoms with van der Waals surface area (Å²) in [7, 11) is 2.06. The van der Waals surface area contributed by atoms with Crippen molar-refractivity contribution < 1.29 is 4.79 Å². The second-order valence-electron chi connectivity index (χ2n) is 5.38. The molecule has 2 N–H and O–H groups in total. The number of halogens is 2. The predicted molar refractivity (Wildman–Crippen MR) is 93.0 cm³/mol. The van der Waals surface area contributed by atoms with Crippen LogP contribution in [0.3, 0.4) is 0 Å². The number of hydrogen-bond acceptors (Lipinski definition) is 4. The summed E-state index contributed by atoms with van der Waals surface area (Å²) in [5.74, 6) is 0.0900. The van der Waals surface area contributed by atoms with Crippen LogP contribution < -0.4 is 10.6 Å². The summed E-state index contributed by atoms with van der Waals surface area (Å²) >= 11 is 0. The Morgan fingerprint density at radius 2 is 2.09 bits per heavy atom. The highest BCUT2D eigenvalue weighted by Crippen LogP contribution is 2.26. The number of amides is 1. The fourth-order valence-corrected chi connectivity index (χ4v) is 2.61. The van der Waals surface area contributed by atoms with Crippen molar-refractivity contribution in [2.45, 2.75) is 25.3 Å². The average Bonchev–Trinajstić information content (AvgIpc) is 3.02. The lowest BCUT2D eigenvalue weighted by Gasteiger charge is -2.36. The van der Waals surface area contributed by atoms with E-state index in [1.54, 1.807) is 6.20 Å². The third kappa shape index (κ3) is 4.84. The Labute approximate surface area is 144 Å². The molecule has 0 unspecified atom stereocenters. The van der Waals surface area contributed by atoms with Crippen LogP contribution >= 0.6 is 24.8 Å². The third-order valence-corrected chi connectivity index (χ3v) is 4.12. The van der Waals surface area contributed by atoms with E-state index < -0.39 is 5.54 Å². The topological polar surface area (TPSA) is 62.2 Å². The number of carbonyl (C=O) groups excluding carboxylic acids is 1. The van der Waals surface area contributed by atoms with Gasteiger partial charge in [-0.2, -0.15) is 5.10 Å². The molecule has 0 aromatic carbocycles. The minimum atomic E-state index is -0.528. The molecule has 8 heteroatoms. The molecule has 1 aliphatic heterocycles. The van der Waals surface area contributed by atoms with Crippen LogP contribution in [0.2, 0.25) is 0 Å². The molecule has 1 aliphatic rings. The van der Waals surface area contributed by atoms with E-state index in [0.29, 0.717) is 6.54 Å². The maximum Gasteiger partial charge on any atom is 0.248 e. The van der Waals surface area contributed by atoms with Crippen molar-refractivity contribution in [3.8, 4) is 0 Å². The van der Waals surface area contributed by atoms with Gasteiger partial charge in [-0.15, -0.1) is 24.8 Å². The summed E-state index contributed by atoms with van der Waals surface area (Å²) in [6, 6.07) is 1.88. The molecule has 0 spiro atoms. The van der Waals surface area contributed by atoms with Gasteiger partial charge in [0.15, 0.2) is 0 Å². The molecule has 128 valence electrons. The van der Waals surface area contributed by atoms with Crippen LogP contribution in [0.25, 0.3) is 0 Å². The summed E-state index contributed by atoms with van der Waals surface area (Å²) in [4.78, 5) is 14.9. The second kappa shape index (κ2) is 10.0. The van der Waals surface area contributed by atoms with Crippen molar-refractivity contribution in [3.05, 3.63) is 18.5 Å². The largest absolute Gasteiger partial charge is 0.353 e. The molecule has 0 atom stereocenters. The molecule has 1 amide bonds. The third-order valence-electron chi connectivity index (χ3n) is 4.12. The number of likely N-dealkylation sites (N-methyl/N-ethyl adjacent to an activating group) is 1. The maximum absolute atomic E-state index is 12.7. The van der Waals surface area contributed by atoms with Crippen molar-refractivity contribution in [1.82, 2.24) is 25.3 Å². The molecular formula is C14H27Cl2N5O. The molecule has 2 heterocycles. The smallest absolute Gasteiger partial charge is 0.248 e. The normalized spacial score (nSPS) is 16.5. The van der Waals surface area contributed by atoms with Gasteiger partial charge in [-0.25, -0.2) is 0 Å². The van der Waals surface area contributed by atoms with Crippen LogP contribution in [-0.2, 0) is 10.3 Å². The molecule has 0 aliphatic carbocycles. The van der Waals surface area contributed by atoms with Crippen LogP contribution in [0.4, 0.5) is 0 Å². The number of nitrogens with one attached hydrogen (secondary N) is 2. The number of aromatic nitrogens is 2. The molecule has 0 bridgehead atoms. The number of piperidine rings is 1. The highest BCUT2D eigenvalue weighted by atomic mass is 35.5. The summed E-state index contributed by atoms with van der Waals surface area (Å²) < 4.78 is 1.83. The Morgan fingerprint density at radius 3 is 2.64 bits per heavy atom. The molecular weight excluding hydrogens is 325 g/mol. The number of carbonyl (C=O) groups is 1. The molecule has 1 fully saturated rings. The van der Waals surface area contributed by atoms with Crippen molar-refractivity contribution in [2.75, 3.05) is 39.8 Å². The van der Waals surface area contributed by atoms with Crippen molar-refractivity contribution in [3.63, 3.8) is 0 Å². The fourth-order valence-electron chi connectivity index (χ4n) is 2.61. The van der Waals surface area contributed by atoms with Crippen LogP contribution in [0.5, 0.6) is 0 Å². The fraction of sp³-hybridized carbons (Fsp3) is 0.714. The molecule has 0 saturated carbocycles. The molecule has 0 radical (unpaired) electrons. The number of rotatable bonds is 6. The number of nitrogens with zero attached hydrogens (tertiary/aromatic N) is 3. The molecule has 1 aromatic heterocycles. The highest BCUT2D eigenvalue weighted by molar-refractivity contribution is 5.85. The Bertz CT molecular complexity index is 421. The van der Waals surface area contributed by atoms with Gasteiger partial charge in [-0.05, 0) is 45.6 Å². The lowest BCUT2D eigenvalue weighted by atomic mass is 9.87. The minimum Gasteiger partial charge on any atom is -0.353 e. The van der Waals surface area contributed by atoms with E-state index in [2.05, 4.69) is 34.6 Å². The first kappa shape index (κ1) is 21.2. The quantitative estimate of drug-likeness (QED) is 0.798. The zero-order chi connectivity index (χ0) is 14.4. The van der Waals surface area contributed by atoms with Crippen LogP contribution in [0, 0.1) is 0 Å². The predicted octanol–water partition coefficient (Wildman–Crippen LogP) is 0.873. The van der Waals surface area contributed by atoms with Crippen LogP contribution in [0.1, 0.15) is 19.8 Å². The molecule has 22 heavy (non-hydrogen) atoms. The SMILES string of the molecule is CCN(C)CCNC(=O)C1(n2cccn2)CCNCC1.Cl.Cl. The lowest BCUT2D eigenvalue weighted by Crippen LogP contribution is -2.55. The average molecular weight is 352 g/mol. The van der Waals surface area contributed by atoms with Crippen LogP contribution in [-0.4, -0.2) is 60.4 Å². The van der Waals surface area contributed by atoms with E-state index in [9.17, 15) is 4.79 Å². The Morgan fingerprint density at radius 1 is 1.41 bits per heavy atom. The maximum atomic E-state index is 12.7. The van der Waals surface area contributed by atoms with Gasteiger partial charge in [-0.3, -0.25) is 9.48 Å². The van der Waals surface area contributed by atoms with E-state index in [0.717, 1.165) is 39.0 Å². The summed E-state index contributed by atoms with van der Waals surface area (Å²) in [5, 5.41) is 10.7. The van der Waals surface area contributed by atoms with Gasteiger partial charge in [-0.1, -0.05) is 6.92 Å². The minimum absolute atomic E-state index is 0. The van der Waals surface area contributed by atoms with E-state index in [1.165, 1.54) is 0 Å². The van der Waals surface area contributed by atoms with Crippen molar-refractivity contribution >= 4 is 30.7 Å². The van der Waals surface area contributed by atoms with Gasteiger partial charge in [0.1, 0.15) is 5.54 Å². The molecule has 2 rings (SSSR count). The van der Waals surface area contributed by atoms with Crippen LogP contribution in [0.15, 0.2) is 18.5 Å². The molecule has 6 nitrogen and oxygen atoms in total. The first-order chi connectivity index (χ1) is 9.69. The Hall–Kier alpha value is -0.820. The van der Waals surface area contributed by atoms with Gasteiger partial charge in [0.25, 0.3) is 0 Å². The van der Waals surface area contributed by atoms with Crippen molar-refractivity contribution in [2.24, 2.45) is 0 Å². The molecule has 1 aromatic rings. The summed E-state index contributed by atoms with van der Waals surface area (Å²) in [6.07, 6.45) is 5.19. The zero-order valence-corrected chi connectivity index (χ0v) is 14.9. The number of hydrogen-bond donors (Lipinski definition) is 2. The van der Waals surface area contributed by atoms with Gasteiger partial charge >= 0.3 is 0 Å². The van der Waals surface area contributed by atoms with Gasteiger partial charge < -0.3 is 15.5 Å². The zero-order valence-electron chi connectivity index (χ0n) is 13.2. The standard InChI is InChI=1S/C14H25N5O.2ClH/c1-3-18(2)12-10-16-13(20)14(5-8-15-9-6-14)19-11-4-7-17-19;;/h4,7,11,15H,3,5-6,8-10,12H2,1-2H3,(H,16,20);2*1H.